The maximum atomic E-state index is 5.92. The predicted octanol–water partition coefficient (Wildman–Crippen LogP) is 2.73. The number of aryl methyl sites for hydroxylation is 2. The van der Waals surface area contributed by atoms with Gasteiger partial charge in [-0.2, -0.15) is 0 Å². The Morgan fingerprint density at radius 1 is 1.26 bits per heavy atom. The molecule has 0 radical (unpaired) electrons. The first-order valence-electron chi connectivity index (χ1n) is 6.46. The van der Waals surface area contributed by atoms with Crippen molar-refractivity contribution in [2.75, 3.05) is 24.6 Å². The van der Waals surface area contributed by atoms with E-state index in [1.807, 2.05) is 6.92 Å². The summed E-state index contributed by atoms with van der Waals surface area (Å²) in [5.41, 5.74) is 2.55. The van der Waals surface area contributed by atoms with Crippen molar-refractivity contribution < 1.29 is 4.74 Å². The van der Waals surface area contributed by atoms with Crippen molar-refractivity contribution >= 4 is 16.5 Å². The highest BCUT2D eigenvalue weighted by atomic mass is 32.1. The van der Waals surface area contributed by atoms with E-state index in [4.69, 9.17) is 4.74 Å². The van der Waals surface area contributed by atoms with E-state index in [2.05, 4.69) is 46.3 Å². The van der Waals surface area contributed by atoms with Gasteiger partial charge in [-0.1, -0.05) is 35.6 Å². The lowest BCUT2D eigenvalue weighted by molar-refractivity contribution is 0.0393. The van der Waals surface area contributed by atoms with Gasteiger partial charge in [-0.25, -0.2) is 0 Å². The van der Waals surface area contributed by atoms with Gasteiger partial charge in [0.25, 0.3) is 0 Å². The molecule has 0 aliphatic carbocycles. The highest BCUT2D eigenvalue weighted by molar-refractivity contribution is 7.15. The van der Waals surface area contributed by atoms with Gasteiger partial charge in [0.2, 0.25) is 5.13 Å². The molecule has 1 atom stereocenters. The van der Waals surface area contributed by atoms with Crippen LogP contribution in [0.15, 0.2) is 24.3 Å². The molecule has 2 aromatic rings. The fourth-order valence-corrected chi connectivity index (χ4v) is 3.10. The zero-order chi connectivity index (χ0) is 13.2. The fraction of sp³-hybridized carbons (Fsp3) is 0.429. The number of anilines is 1. The summed E-state index contributed by atoms with van der Waals surface area (Å²) in [5.74, 6) is 0. The minimum absolute atomic E-state index is 0.124. The highest BCUT2D eigenvalue weighted by Crippen LogP contribution is 2.29. The molecule has 100 valence electrons. The van der Waals surface area contributed by atoms with Crippen LogP contribution in [-0.2, 0) is 4.74 Å². The van der Waals surface area contributed by atoms with Crippen LogP contribution < -0.4 is 4.90 Å². The van der Waals surface area contributed by atoms with Crippen molar-refractivity contribution in [3.63, 3.8) is 0 Å². The van der Waals surface area contributed by atoms with Crippen molar-refractivity contribution in [3.8, 4) is 0 Å². The van der Waals surface area contributed by atoms with Crippen LogP contribution >= 0.6 is 11.3 Å². The molecule has 1 saturated heterocycles. The van der Waals surface area contributed by atoms with Crippen molar-refractivity contribution in [2.24, 2.45) is 0 Å². The standard InChI is InChI=1S/C14H17N3OS/c1-10-5-3-4-6-12(10)13-9-17(7-8-18-13)14-16-15-11(2)19-14/h3-6,13H,7-9H2,1-2H3. The molecule has 0 spiro atoms. The molecule has 1 aliphatic rings. The monoisotopic (exact) mass is 275 g/mol. The summed E-state index contributed by atoms with van der Waals surface area (Å²) in [6, 6.07) is 8.41. The summed E-state index contributed by atoms with van der Waals surface area (Å²) < 4.78 is 5.92. The smallest absolute Gasteiger partial charge is 0.208 e. The van der Waals surface area contributed by atoms with Gasteiger partial charge in [0.05, 0.1) is 13.2 Å². The topological polar surface area (TPSA) is 38.2 Å². The zero-order valence-corrected chi connectivity index (χ0v) is 12.0. The Labute approximate surface area is 117 Å². The molecular formula is C14H17N3OS. The normalized spacial score (nSPS) is 19.7. The van der Waals surface area contributed by atoms with Gasteiger partial charge in [-0.3, -0.25) is 0 Å². The van der Waals surface area contributed by atoms with Crippen LogP contribution in [0.2, 0.25) is 0 Å². The van der Waals surface area contributed by atoms with Crippen LogP contribution in [0.3, 0.4) is 0 Å². The molecular weight excluding hydrogens is 258 g/mol. The Balaban J connectivity index is 1.80. The largest absolute Gasteiger partial charge is 0.370 e. The van der Waals surface area contributed by atoms with Crippen molar-refractivity contribution in [2.45, 2.75) is 20.0 Å². The van der Waals surface area contributed by atoms with E-state index in [9.17, 15) is 0 Å². The molecule has 1 aromatic carbocycles. The SMILES string of the molecule is Cc1nnc(N2CCOC(c3ccccc3C)C2)s1. The lowest BCUT2D eigenvalue weighted by Crippen LogP contribution is -2.38. The molecule has 1 aliphatic heterocycles. The van der Waals surface area contributed by atoms with Crippen LogP contribution in [0, 0.1) is 13.8 Å². The van der Waals surface area contributed by atoms with Crippen LogP contribution in [0.25, 0.3) is 0 Å². The molecule has 1 aromatic heterocycles. The fourth-order valence-electron chi connectivity index (χ4n) is 2.37. The summed E-state index contributed by atoms with van der Waals surface area (Å²) >= 11 is 1.64. The Bertz CT molecular complexity index is 569. The molecule has 1 fully saturated rings. The summed E-state index contributed by atoms with van der Waals surface area (Å²) in [7, 11) is 0. The first-order valence-corrected chi connectivity index (χ1v) is 7.28. The number of hydrogen-bond acceptors (Lipinski definition) is 5. The number of aromatic nitrogens is 2. The number of morpholine rings is 1. The van der Waals surface area contributed by atoms with E-state index in [1.165, 1.54) is 11.1 Å². The summed E-state index contributed by atoms with van der Waals surface area (Å²) in [6.45, 7) is 6.58. The number of benzene rings is 1. The summed E-state index contributed by atoms with van der Waals surface area (Å²) in [6.07, 6.45) is 0.124. The Morgan fingerprint density at radius 2 is 2.11 bits per heavy atom. The van der Waals surface area contributed by atoms with Crippen molar-refractivity contribution in [1.29, 1.82) is 0 Å². The average molecular weight is 275 g/mol. The number of nitrogens with zero attached hydrogens (tertiary/aromatic N) is 3. The quantitative estimate of drug-likeness (QED) is 0.844. The molecule has 1 unspecified atom stereocenters. The lowest BCUT2D eigenvalue weighted by atomic mass is 10.0. The van der Waals surface area contributed by atoms with Crippen LogP contribution in [0.1, 0.15) is 22.2 Å². The maximum Gasteiger partial charge on any atom is 0.208 e. The third-order valence-electron chi connectivity index (χ3n) is 3.39. The molecule has 0 amide bonds. The van der Waals surface area contributed by atoms with Gasteiger partial charge < -0.3 is 9.64 Å². The number of hydrogen-bond donors (Lipinski definition) is 0. The van der Waals surface area contributed by atoms with Crippen molar-refractivity contribution in [1.82, 2.24) is 10.2 Å². The minimum atomic E-state index is 0.124. The third-order valence-corrected chi connectivity index (χ3v) is 4.29. The van der Waals surface area contributed by atoms with Crippen LogP contribution in [-0.4, -0.2) is 29.9 Å². The number of ether oxygens (including phenoxy) is 1. The molecule has 19 heavy (non-hydrogen) atoms. The molecule has 5 heteroatoms. The Morgan fingerprint density at radius 3 is 2.84 bits per heavy atom. The number of rotatable bonds is 2. The Kier molecular flexibility index (Phi) is 3.48. The van der Waals surface area contributed by atoms with E-state index in [0.717, 1.165) is 29.8 Å². The van der Waals surface area contributed by atoms with Crippen LogP contribution in [0.5, 0.6) is 0 Å². The molecule has 4 nitrogen and oxygen atoms in total. The van der Waals surface area contributed by atoms with Gasteiger partial charge in [-0.15, -0.1) is 10.2 Å². The van der Waals surface area contributed by atoms with E-state index in [1.54, 1.807) is 11.3 Å². The minimum Gasteiger partial charge on any atom is -0.370 e. The zero-order valence-electron chi connectivity index (χ0n) is 11.2. The summed E-state index contributed by atoms with van der Waals surface area (Å²) in [4.78, 5) is 2.27. The lowest BCUT2D eigenvalue weighted by Gasteiger charge is -2.33. The van der Waals surface area contributed by atoms with E-state index >= 15 is 0 Å². The van der Waals surface area contributed by atoms with Gasteiger partial charge in [0, 0.05) is 6.54 Å². The van der Waals surface area contributed by atoms with E-state index in [0.29, 0.717) is 0 Å². The third kappa shape index (κ3) is 2.62. The van der Waals surface area contributed by atoms with E-state index < -0.39 is 0 Å². The van der Waals surface area contributed by atoms with Gasteiger partial charge >= 0.3 is 0 Å². The van der Waals surface area contributed by atoms with Crippen molar-refractivity contribution in [3.05, 3.63) is 40.4 Å². The summed E-state index contributed by atoms with van der Waals surface area (Å²) in [5, 5.41) is 10.3. The molecule has 0 N–H and O–H groups in total. The van der Waals surface area contributed by atoms with Crippen LogP contribution in [0.4, 0.5) is 5.13 Å². The predicted molar refractivity (Wildman–Crippen MR) is 76.7 cm³/mol. The average Bonchev–Trinajstić information content (AvgIpc) is 2.86. The van der Waals surface area contributed by atoms with E-state index in [-0.39, 0.29) is 6.10 Å². The first-order chi connectivity index (χ1) is 9.24. The van der Waals surface area contributed by atoms with Gasteiger partial charge in [-0.05, 0) is 25.0 Å². The molecule has 0 saturated carbocycles. The first kappa shape index (κ1) is 12.6. The molecule has 0 bridgehead atoms. The second kappa shape index (κ2) is 5.27. The van der Waals surface area contributed by atoms with Gasteiger partial charge in [0.15, 0.2) is 0 Å². The molecule has 2 heterocycles. The highest BCUT2D eigenvalue weighted by Gasteiger charge is 2.24. The maximum absolute atomic E-state index is 5.92. The second-order valence-corrected chi connectivity index (χ2v) is 5.93. The molecule has 3 rings (SSSR count). The second-order valence-electron chi connectivity index (χ2n) is 4.77. The van der Waals surface area contributed by atoms with Gasteiger partial charge in [0.1, 0.15) is 11.1 Å². The Hall–Kier alpha value is -1.46.